The van der Waals surface area contributed by atoms with Crippen LogP contribution in [-0.2, 0) is 6.42 Å². The number of oxazole rings is 1. The fraction of sp³-hybridized carbons (Fsp3) is 0.278. The predicted molar refractivity (Wildman–Crippen MR) is 86.0 cm³/mol. The Morgan fingerprint density at radius 2 is 2.30 bits per heavy atom. The van der Waals surface area contributed by atoms with Crippen LogP contribution in [0.5, 0.6) is 0 Å². The van der Waals surface area contributed by atoms with E-state index in [1.54, 1.807) is 0 Å². The first-order valence-electron chi connectivity index (χ1n) is 7.81. The molecule has 2 aromatic heterocycles. The average molecular weight is 307 g/mol. The number of carbonyl (C=O) groups excluding carboxylic acids is 1. The fourth-order valence-electron chi connectivity index (χ4n) is 3.25. The maximum Gasteiger partial charge on any atom is 0.291 e. The summed E-state index contributed by atoms with van der Waals surface area (Å²) in [6.45, 7) is 1.55. The predicted octanol–water partition coefficient (Wildman–Crippen LogP) is 2.93. The molecule has 23 heavy (non-hydrogen) atoms. The summed E-state index contributed by atoms with van der Waals surface area (Å²) in [4.78, 5) is 22.3. The van der Waals surface area contributed by atoms with E-state index in [1.165, 1.54) is 18.2 Å². The molecule has 116 valence electrons. The van der Waals surface area contributed by atoms with Gasteiger partial charge >= 0.3 is 0 Å². The Morgan fingerprint density at radius 3 is 3.17 bits per heavy atom. The average Bonchev–Trinajstić information content (AvgIpc) is 3.26. The molecule has 0 spiro atoms. The van der Waals surface area contributed by atoms with Crippen molar-refractivity contribution in [3.63, 3.8) is 0 Å². The largest absolute Gasteiger partial charge is 0.438 e. The third-order valence-electron chi connectivity index (χ3n) is 4.41. The van der Waals surface area contributed by atoms with Crippen LogP contribution < -0.4 is 0 Å². The van der Waals surface area contributed by atoms with E-state index < -0.39 is 0 Å². The topological polar surface area (TPSA) is 59.2 Å². The van der Waals surface area contributed by atoms with Gasteiger partial charge < -0.3 is 9.32 Å². The summed E-state index contributed by atoms with van der Waals surface area (Å²) in [6, 6.07) is 10.4. The van der Waals surface area contributed by atoms with E-state index in [9.17, 15) is 4.79 Å². The lowest BCUT2D eigenvalue weighted by atomic mass is 9.97. The van der Waals surface area contributed by atoms with Crippen LogP contribution in [-0.4, -0.2) is 33.9 Å². The molecule has 1 aromatic carbocycles. The van der Waals surface area contributed by atoms with Gasteiger partial charge in [0.2, 0.25) is 5.76 Å². The van der Waals surface area contributed by atoms with Gasteiger partial charge in [-0.1, -0.05) is 12.1 Å². The maximum atomic E-state index is 12.3. The first kappa shape index (κ1) is 13.9. The van der Waals surface area contributed by atoms with Crippen molar-refractivity contribution in [2.24, 2.45) is 5.92 Å². The van der Waals surface area contributed by atoms with E-state index in [4.69, 9.17) is 4.42 Å². The van der Waals surface area contributed by atoms with Gasteiger partial charge in [0.1, 0.15) is 0 Å². The van der Waals surface area contributed by atoms with Crippen LogP contribution in [0.2, 0.25) is 0 Å². The number of amides is 1. The normalized spacial score (nSPS) is 17.7. The fourth-order valence-corrected chi connectivity index (χ4v) is 3.25. The lowest BCUT2D eigenvalue weighted by Crippen LogP contribution is -2.28. The molecule has 0 bridgehead atoms. The molecule has 0 aliphatic carbocycles. The molecule has 5 nitrogen and oxygen atoms in total. The molecule has 1 atom stereocenters. The molecule has 1 fully saturated rings. The zero-order chi connectivity index (χ0) is 15.6. The zero-order valence-electron chi connectivity index (χ0n) is 12.7. The Hall–Kier alpha value is -2.69. The highest BCUT2D eigenvalue weighted by molar-refractivity contribution is 5.91. The molecule has 5 heteroatoms. The molecule has 3 heterocycles. The second kappa shape index (κ2) is 5.83. The van der Waals surface area contributed by atoms with Gasteiger partial charge in [0.25, 0.3) is 5.91 Å². The molecule has 4 rings (SSSR count). The van der Waals surface area contributed by atoms with Crippen LogP contribution in [0.4, 0.5) is 0 Å². The summed E-state index contributed by atoms with van der Waals surface area (Å²) >= 11 is 0. The Labute approximate surface area is 134 Å². The van der Waals surface area contributed by atoms with Gasteiger partial charge in [-0.2, -0.15) is 0 Å². The smallest absolute Gasteiger partial charge is 0.291 e. The van der Waals surface area contributed by atoms with E-state index in [2.05, 4.69) is 34.2 Å². The minimum atomic E-state index is -0.0623. The van der Waals surface area contributed by atoms with E-state index in [0.29, 0.717) is 11.7 Å². The van der Waals surface area contributed by atoms with Crippen molar-refractivity contribution in [1.29, 1.82) is 0 Å². The second-order valence-corrected chi connectivity index (χ2v) is 6.01. The van der Waals surface area contributed by atoms with Gasteiger partial charge in [-0.3, -0.25) is 9.78 Å². The summed E-state index contributed by atoms with van der Waals surface area (Å²) in [6.07, 6.45) is 6.58. The molecular formula is C18H17N3O2. The SMILES string of the molecule is O=C(c1cnco1)N1CC[C@@H](Cc2ccc3ncccc3c2)C1. The molecule has 3 aromatic rings. The summed E-state index contributed by atoms with van der Waals surface area (Å²) in [5, 5.41) is 1.16. The maximum absolute atomic E-state index is 12.3. The van der Waals surface area contributed by atoms with Crippen LogP contribution >= 0.6 is 0 Å². The molecule has 1 amide bonds. The van der Waals surface area contributed by atoms with Crippen molar-refractivity contribution >= 4 is 16.8 Å². The number of aromatic nitrogens is 2. The van der Waals surface area contributed by atoms with Crippen molar-refractivity contribution in [3.8, 4) is 0 Å². The lowest BCUT2D eigenvalue weighted by molar-refractivity contribution is 0.0755. The number of pyridine rings is 1. The van der Waals surface area contributed by atoms with Crippen LogP contribution in [0.1, 0.15) is 22.5 Å². The first-order chi connectivity index (χ1) is 11.3. The van der Waals surface area contributed by atoms with Crippen LogP contribution in [0.3, 0.4) is 0 Å². The molecular weight excluding hydrogens is 290 g/mol. The van der Waals surface area contributed by atoms with E-state index in [1.807, 2.05) is 17.2 Å². The number of fused-ring (bicyclic) bond motifs is 1. The van der Waals surface area contributed by atoms with Gasteiger partial charge in [0, 0.05) is 24.7 Å². The number of hydrogen-bond donors (Lipinski definition) is 0. The highest BCUT2D eigenvalue weighted by Crippen LogP contribution is 2.24. The molecule has 1 saturated heterocycles. The summed E-state index contributed by atoms with van der Waals surface area (Å²) < 4.78 is 5.10. The van der Waals surface area contributed by atoms with Crippen LogP contribution in [0.15, 0.2) is 53.5 Å². The summed E-state index contributed by atoms with van der Waals surface area (Å²) in [5.41, 5.74) is 2.31. The highest BCUT2D eigenvalue weighted by Gasteiger charge is 2.28. The molecule has 0 N–H and O–H groups in total. The summed E-state index contributed by atoms with van der Waals surface area (Å²) in [5.74, 6) is 0.742. The second-order valence-electron chi connectivity index (χ2n) is 6.01. The monoisotopic (exact) mass is 307 g/mol. The molecule has 1 aliphatic rings. The summed E-state index contributed by atoms with van der Waals surface area (Å²) in [7, 11) is 0. The quantitative estimate of drug-likeness (QED) is 0.746. The van der Waals surface area contributed by atoms with E-state index >= 15 is 0 Å². The molecule has 0 saturated carbocycles. The van der Waals surface area contributed by atoms with Gasteiger partial charge in [0.05, 0.1) is 11.7 Å². The third-order valence-corrected chi connectivity index (χ3v) is 4.41. The van der Waals surface area contributed by atoms with Crippen molar-refractivity contribution in [3.05, 3.63) is 60.4 Å². The lowest BCUT2D eigenvalue weighted by Gasteiger charge is -2.15. The minimum Gasteiger partial charge on any atom is -0.438 e. The zero-order valence-corrected chi connectivity index (χ0v) is 12.7. The van der Waals surface area contributed by atoms with Crippen molar-refractivity contribution in [2.75, 3.05) is 13.1 Å². The Balaban J connectivity index is 1.44. The van der Waals surface area contributed by atoms with Gasteiger partial charge in [-0.05, 0) is 42.5 Å². The molecule has 0 radical (unpaired) electrons. The first-order valence-corrected chi connectivity index (χ1v) is 7.81. The number of nitrogens with zero attached hydrogens (tertiary/aromatic N) is 3. The Morgan fingerprint density at radius 1 is 1.35 bits per heavy atom. The Kier molecular flexibility index (Phi) is 3.54. The number of carbonyl (C=O) groups is 1. The number of rotatable bonds is 3. The van der Waals surface area contributed by atoms with Crippen LogP contribution in [0, 0.1) is 5.92 Å². The third kappa shape index (κ3) is 2.82. The minimum absolute atomic E-state index is 0.0623. The highest BCUT2D eigenvalue weighted by atomic mass is 16.3. The van der Waals surface area contributed by atoms with Gasteiger partial charge in [-0.25, -0.2) is 4.98 Å². The van der Waals surface area contributed by atoms with Crippen molar-refractivity contribution in [2.45, 2.75) is 12.8 Å². The van der Waals surface area contributed by atoms with Gasteiger partial charge in [0.15, 0.2) is 6.39 Å². The van der Waals surface area contributed by atoms with Crippen LogP contribution in [0.25, 0.3) is 10.9 Å². The Bertz CT molecular complexity index is 829. The molecule has 1 aliphatic heterocycles. The van der Waals surface area contributed by atoms with Crippen molar-refractivity contribution < 1.29 is 9.21 Å². The number of likely N-dealkylation sites (tertiary alicyclic amines) is 1. The number of benzene rings is 1. The standard InChI is InChI=1S/C18H17N3O2/c22-18(17-10-19-12-23-17)21-7-5-14(11-21)8-13-3-4-16-15(9-13)2-1-6-20-16/h1-4,6,9-10,12,14H,5,7-8,11H2/t14-/m0/s1. The van der Waals surface area contributed by atoms with E-state index in [0.717, 1.165) is 36.8 Å². The molecule has 0 unspecified atom stereocenters. The van der Waals surface area contributed by atoms with E-state index in [-0.39, 0.29) is 5.91 Å². The van der Waals surface area contributed by atoms with Crippen molar-refractivity contribution in [1.82, 2.24) is 14.9 Å². The van der Waals surface area contributed by atoms with Gasteiger partial charge in [-0.15, -0.1) is 0 Å². The number of hydrogen-bond acceptors (Lipinski definition) is 4.